The van der Waals surface area contributed by atoms with Gasteiger partial charge in [0.25, 0.3) is 0 Å². The van der Waals surface area contributed by atoms with Crippen LogP contribution in [0.3, 0.4) is 0 Å². The van der Waals surface area contributed by atoms with Crippen molar-refractivity contribution in [2.24, 2.45) is 5.92 Å². The van der Waals surface area contributed by atoms with Crippen LogP contribution < -0.4 is 10.0 Å². The first kappa shape index (κ1) is 16.5. The van der Waals surface area contributed by atoms with Gasteiger partial charge in [0, 0.05) is 11.0 Å². The molecule has 0 aliphatic carbocycles. The summed E-state index contributed by atoms with van der Waals surface area (Å²) in [5, 5.41) is 3.47. The van der Waals surface area contributed by atoms with Crippen molar-refractivity contribution in [3.05, 3.63) is 26.7 Å². The first-order valence-corrected chi connectivity index (χ1v) is 9.28. The molecule has 0 amide bonds. The van der Waals surface area contributed by atoms with Gasteiger partial charge in [-0.05, 0) is 44.0 Å². The molecule has 1 heterocycles. The van der Waals surface area contributed by atoms with Crippen molar-refractivity contribution in [1.82, 2.24) is 10.0 Å². The Labute approximate surface area is 137 Å². The van der Waals surface area contributed by atoms with Crippen molar-refractivity contribution in [3.8, 4) is 0 Å². The van der Waals surface area contributed by atoms with E-state index in [0.717, 1.165) is 25.9 Å². The highest BCUT2D eigenvalue weighted by Crippen LogP contribution is 2.32. The molecule has 8 heteroatoms. The average molecular weight is 402 g/mol. The first-order valence-electron chi connectivity index (χ1n) is 6.25. The number of hydrogen-bond acceptors (Lipinski definition) is 3. The van der Waals surface area contributed by atoms with Crippen LogP contribution >= 0.6 is 39.1 Å². The monoisotopic (exact) mass is 400 g/mol. The van der Waals surface area contributed by atoms with Crippen LogP contribution in [-0.2, 0) is 10.0 Å². The third-order valence-corrected chi connectivity index (χ3v) is 5.99. The molecular weight excluding hydrogens is 387 g/mol. The lowest BCUT2D eigenvalue weighted by Gasteiger charge is -2.23. The molecule has 1 aromatic rings. The molecule has 112 valence electrons. The summed E-state index contributed by atoms with van der Waals surface area (Å²) in [4.78, 5) is -0.0622. The lowest BCUT2D eigenvalue weighted by Crippen LogP contribution is -2.38. The third-order valence-electron chi connectivity index (χ3n) is 3.19. The van der Waals surface area contributed by atoms with E-state index in [1.54, 1.807) is 0 Å². The minimum atomic E-state index is -3.70. The molecule has 0 radical (unpaired) electrons. The van der Waals surface area contributed by atoms with E-state index in [1.165, 1.54) is 12.1 Å². The van der Waals surface area contributed by atoms with Gasteiger partial charge in [0.2, 0.25) is 10.0 Å². The zero-order valence-corrected chi connectivity index (χ0v) is 14.5. The summed E-state index contributed by atoms with van der Waals surface area (Å²) in [5.41, 5.74) is 0. The maximum atomic E-state index is 12.3. The standard InChI is InChI=1S/C12H15BrCl2N2O2S/c13-9-4-10(14)12(11(15)5-9)20(18,19)17-7-8-2-1-3-16-6-8/h4-5,8,16-17H,1-3,6-7H2. The normalized spacial score (nSPS) is 20.1. The molecule has 0 aromatic heterocycles. The van der Waals surface area contributed by atoms with Crippen LogP contribution in [0.15, 0.2) is 21.5 Å². The second-order valence-corrected chi connectivity index (χ2v) is 8.20. The van der Waals surface area contributed by atoms with Gasteiger partial charge in [-0.15, -0.1) is 0 Å². The van der Waals surface area contributed by atoms with Gasteiger partial charge in [0.15, 0.2) is 0 Å². The van der Waals surface area contributed by atoms with E-state index in [4.69, 9.17) is 23.2 Å². The molecule has 1 saturated heterocycles. The summed E-state index contributed by atoms with van der Waals surface area (Å²) in [7, 11) is -3.70. The lowest BCUT2D eigenvalue weighted by atomic mass is 10.0. The largest absolute Gasteiger partial charge is 0.316 e. The van der Waals surface area contributed by atoms with Gasteiger partial charge in [-0.1, -0.05) is 39.1 Å². The molecule has 20 heavy (non-hydrogen) atoms. The quantitative estimate of drug-likeness (QED) is 0.815. The van der Waals surface area contributed by atoms with Crippen molar-refractivity contribution < 1.29 is 8.42 Å². The molecular formula is C12H15BrCl2N2O2S. The molecule has 0 bridgehead atoms. The van der Waals surface area contributed by atoms with Gasteiger partial charge >= 0.3 is 0 Å². The Bertz CT molecular complexity index is 566. The van der Waals surface area contributed by atoms with Crippen LogP contribution in [-0.4, -0.2) is 28.1 Å². The summed E-state index contributed by atoms with van der Waals surface area (Å²) in [6.45, 7) is 2.20. The predicted molar refractivity (Wildman–Crippen MR) is 84.9 cm³/mol. The molecule has 1 atom stereocenters. The van der Waals surface area contributed by atoms with E-state index in [2.05, 4.69) is 26.0 Å². The molecule has 1 fully saturated rings. The SMILES string of the molecule is O=S(=O)(NCC1CCCNC1)c1c(Cl)cc(Br)cc1Cl. The van der Waals surface area contributed by atoms with Crippen LogP contribution in [0.1, 0.15) is 12.8 Å². The minimum Gasteiger partial charge on any atom is -0.316 e. The molecule has 1 unspecified atom stereocenters. The fourth-order valence-corrected chi connectivity index (χ4v) is 5.23. The van der Waals surface area contributed by atoms with E-state index >= 15 is 0 Å². The number of piperidine rings is 1. The Balaban J connectivity index is 2.14. The van der Waals surface area contributed by atoms with E-state index in [0.29, 0.717) is 16.9 Å². The Morgan fingerprint density at radius 1 is 1.35 bits per heavy atom. The van der Waals surface area contributed by atoms with E-state index in [1.807, 2.05) is 0 Å². The second kappa shape index (κ2) is 6.94. The number of halogens is 3. The Kier molecular flexibility index (Phi) is 5.73. The highest BCUT2D eigenvalue weighted by molar-refractivity contribution is 9.10. The molecule has 1 aliphatic heterocycles. The summed E-state index contributed by atoms with van der Waals surface area (Å²) in [5.74, 6) is 0.298. The van der Waals surface area contributed by atoms with Crippen LogP contribution in [0, 0.1) is 5.92 Å². The first-order chi connectivity index (χ1) is 9.40. The molecule has 4 nitrogen and oxygen atoms in total. The maximum Gasteiger partial charge on any atom is 0.243 e. The van der Waals surface area contributed by atoms with Gasteiger partial charge in [0.1, 0.15) is 4.90 Å². The number of hydrogen-bond donors (Lipinski definition) is 2. The van der Waals surface area contributed by atoms with E-state index < -0.39 is 10.0 Å². The van der Waals surface area contributed by atoms with Crippen molar-refractivity contribution >= 4 is 49.2 Å². The molecule has 0 saturated carbocycles. The van der Waals surface area contributed by atoms with Crippen molar-refractivity contribution in [3.63, 3.8) is 0 Å². The molecule has 2 rings (SSSR count). The summed E-state index contributed by atoms with van der Waals surface area (Å²) < 4.78 is 27.9. The molecule has 1 aromatic carbocycles. The number of rotatable bonds is 4. The maximum absolute atomic E-state index is 12.3. The number of benzene rings is 1. The summed E-state index contributed by atoms with van der Waals surface area (Å²) in [6.07, 6.45) is 2.07. The second-order valence-electron chi connectivity index (χ2n) is 4.76. The molecule has 1 aliphatic rings. The lowest BCUT2D eigenvalue weighted by molar-refractivity contribution is 0.376. The summed E-state index contributed by atoms with van der Waals surface area (Å²) >= 11 is 15.2. The fourth-order valence-electron chi connectivity index (χ4n) is 2.18. The Hall–Kier alpha value is 0.150. The van der Waals surface area contributed by atoms with Crippen LogP contribution in [0.4, 0.5) is 0 Å². The van der Waals surface area contributed by atoms with E-state index in [-0.39, 0.29) is 14.9 Å². The van der Waals surface area contributed by atoms with Gasteiger partial charge < -0.3 is 5.32 Å². The van der Waals surface area contributed by atoms with Crippen LogP contribution in [0.2, 0.25) is 10.0 Å². The van der Waals surface area contributed by atoms with Crippen LogP contribution in [0.5, 0.6) is 0 Å². The average Bonchev–Trinajstić information content (AvgIpc) is 2.36. The van der Waals surface area contributed by atoms with Crippen LogP contribution in [0.25, 0.3) is 0 Å². The smallest absolute Gasteiger partial charge is 0.243 e. The topological polar surface area (TPSA) is 58.2 Å². The summed E-state index contributed by atoms with van der Waals surface area (Å²) in [6, 6.07) is 3.04. The van der Waals surface area contributed by atoms with E-state index in [9.17, 15) is 8.42 Å². The van der Waals surface area contributed by atoms with Gasteiger partial charge in [-0.2, -0.15) is 0 Å². The van der Waals surface area contributed by atoms with Gasteiger partial charge in [-0.3, -0.25) is 0 Å². The molecule has 2 N–H and O–H groups in total. The van der Waals surface area contributed by atoms with Gasteiger partial charge in [0.05, 0.1) is 10.0 Å². The third kappa shape index (κ3) is 4.08. The number of nitrogens with one attached hydrogen (secondary N) is 2. The predicted octanol–water partition coefficient (Wildman–Crippen LogP) is 3.03. The zero-order chi connectivity index (χ0) is 14.8. The van der Waals surface area contributed by atoms with Gasteiger partial charge in [-0.25, -0.2) is 13.1 Å². The van der Waals surface area contributed by atoms with Crippen molar-refractivity contribution in [1.29, 1.82) is 0 Å². The molecule has 0 spiro atoms. The highest BCUT2D eigenvalue weighted by Gasteiger charge is 2.24. The highest BCUT2D eigenvalue weighted by atomic mass is 79.9. The van der Waals surface area contributed by atoms with Crippen molar-refractivity contribution in [2.45, 2.75) is 17.7 Å². The van der Waals surface area contributed by atoms with Crippen molar-refractivity contribution in [2.75, 3.05) is 19.6 Å². The zero-order valence-electron chi connectivity index (χ0n) is 10.6. The Morgan fingerprint density at radius 2 is 2.00 bits per heavy atom. The number of sulfonamides is 1. The minimum absolute atomic E-state index is 0.0622. The fraction of sp³-hybridized carbons (Fsp3) is 0.500. The Morgan fingerprint density at radius 3 is 2.55 bits per heavy atom.